The zero-order valence-corrected chi connectivity index (χ0v) is 39.1. The summed E-state index contributed by atoms with van der Waals surface area (Å²) in [4.78, 5) is 61.9. The summed E-state index contributed by atoms with van der Waals surface area (Å²) in [6.45, 7) is 0. The highest BCUT2D eigenvalue weighted by molar-refractivity contribution is 6.47. The first kappa shape index (κ1) is 41.6. The molecule has 0 aliphatic heterocycles. The van der Waals surface area contributed by atoms with E-state index >= 15 is 19.2 Å². The first-order chi connectivity index (χ1) is 36.3. The van der Waals surface area contributed by atoms with Gasteiger partial charge in [0.25, 0.3) is 22.2 Å². The van der Waals surface area contributed by atoms with Crippen molar-refractivity contribution in [2.24, 2.45) is 0 Å². The molecule has 15 aromatic rings. The van der Waals surface area contributed by atoms with Crippen molar-refractivity contribution in [2.75, 3.05) is 14.2 Å². The van der Waals surface area contributed by atoms with Crippen LogP contribution in [0.5, 0.6) is 11.5 Å². The van der Waals surface area contributed by atoms with Gasteiger partial charge >= 0.3 is 0 Å². The summed E-state index contributed by atoms with van der Waals surface area (Å²) in [7, 11) is 3.04. The van der Waals surface area contributed by atoms with Gasteiger partial charge in [0.1, 0.15) is 56.2 Å². The molecule has 12 heteroatoms. The summed E-state index contributed by atoms with van der Waals surface area (Å²) in [6.07, 6.45) is 0. The van der Waals surface area contributed by atoms with Gasteiger partial charge < -0.3 is 27.1 Å². The molecule has 352 valence electrons. The van der Waals surface area contributed by atoms with E-state index in [2.05, 4.69) is 0 Å². The second-order valence-corrected chi connectivity index (χ2v) is 18.4. The van der Waals surface area contributed by atoms with Crippen molar-refractivity contribution in [3.63, 3.8) is 0 Å². The maximum absolute atomic E-state index is 15.5. The molecule has 0 amide bonds. The summed E-state index contributed by atoms with van der Waals surface area (Å²) in [5.74, 6) is 0.898. The van der Waals surface area contributed by atoms with Gasteiger partial charge in [0.05, 0.1) is 47.1 Å². The van der Waals surface area contributed by atoms with Gasteiger partial charge in [-0.15, -0.1) is 0 Å². The summed E-state index contributed by atoms with van der Waals surface area (Å²) >= 11 is 0. The van der Waals surface area contributed by atoms with Gasteiger partial charge in [-0.2, -0.15) is 0 Å². The van der Waals surface area contributed by atoms with Crippen LogP contribution in [0, 0.1) is 0 Å². The minimum atomic E-state index is -0.601. The number of fused-ring (bicyclic) bond motifs is 6. The Morgan fingerprint density at radius 2 is 0.568 bits per heavy atom. The lowest BCUT2D eigenvalue weighted by Crippen LogP contribution is -2.32. The lowest BCUT2D eigenvalue weighted by atomic mass is 9.85. The van der Waals surface area contributed by atoms with Gasteiger partial charge in [-0.25, -0.2) is 9.13 Å². The van der Waals surface area contributed by atoms with Crippen LogP contribution in [0.15, 0.2) is 207 Å². The van der Waals surface area contributed by atoms with Crippen LogP contribution in [0.4, 0.5) is 0 Å². The van der Waals surface area contributed by atoms with Crippen molar-refractivity contribution < 1.29 is 27.1 Å². The Morgan fingerprint density at radius 3 is 0.851 bits per heavy atom. The predicted octanol–water partition coefficient (Wildman–Crippen LogP) is 13.5. The summed E-state index contributed by atoms with van der Waals surface area (Å²) < 4.78 is 42.4. The SMILES string of the molecule is COc1cccc(-n2c(=O)c3cc4oc5ccccc5c5ccccc5oc5cc6c(=O)n(-c7cccc(OC)c7)c(=O)c7cc8oc9ccccc9c9ccccc9oc9cc(c2=O)c3c2c4c5c(c67)c8c92)c1. The Kier molecular flexibility index (Phi) is 8.51. The van der Waals surface area contributed by atoms with E-state index < -0.39 is 22.2 Å². The van der Waals surface area contributed by atoms with Crippen LogP contribution in [-0.2, 0) is 0 Å². The summed E-state index contributed by atoms with van der Waals surface area (Å²) in [5, 5.41) is 6.75. The Morgan fingerprint density at radius 1 is 0.284 bits per heavy atom. The molecule has 0 spiro atoms. The number of hydrogen-bond acceptors (Lipinski definition) is 10. The fraction of sp³-hybridized carbons (Fsp3) is 0.0323. The Labute approximate surface area is 413 Å². The third kappa shape index (κ3) is 5.61. The average Bonchev–Trinajstić information content (AvgIpc) is 3.44. The third-order valence-electron chi connectivity index (χ3n) is 14.5. The molecule has 0 atom stereocenters. The predicted molar refractivity (Wildman–Crippen MR) is 291 cm³/mol. The highest BCUT2D eigenvalue weighted by atomic mass is 16.5. The van der Waals surface area contributed by atoms with Gasteiger partial charge in [-0.1, -0.05) is 84.9 Å². The van der Waals surface area contributed by atoms with Gasteiger partial charge in [0.15, 0.2) is 0 Å². The lowest BCUT2D eigenvalue weighted by molar-refractivity contribution is 0.414. The maximum atomic E-state index is 15.5. The number of aromatic nitrogens is 2. The van der Waals surface area contributed by atoms with Gasteiger partial charge in [0, 0.05) is 76.8 Å². The number of hydrogen-bond donors (Lipinski definition) is 0. The second kappa shape index (κ2) is 15.2. The minimum Gasteiger partial charge on any atom is -0.497 e. The largest absolute Gasteiger partial charge is 0.497 e. The van der Waals surface area contributed by atoms with E-state index in [1.807, 2.05) is 97.1 Å². The number of rotatable bonds is 4. The molecule has 0 unspecified atom stereocenters. The van der Waals surface area contributed by atoms with Crippen LogP contribution >= 0.6 is 0 Å². The molecule has 12 nitrogen and oxygen atoms in total. The normalized spacial score (nSPS) is 12.1. The van der Waals surface area contributed by atoms with Crippen molar-refractivity contribution in [1.29, 1.82) is 0 Å². The van der Waals surface area contributed by atoms with Gasteiger partial charge in [-0.3, -0.25) is 19.2 Å². The van der Waals surface area contributed by atoms with E-state index in [1.165, 1.54) is 14.2 Å². The van der Waals surface area contributed by atoms with Crippen molar-refractivity contribution >= 4 is 131 Å². The molecule has 0 saturated heterocycles. The number of para-hydroxylation sites is 4. The molecule has 0 N–H and O–H groups in total. The molecule has 0 radical (unpaired) electrons. The van der Waals surface area contributed by atoms with Crippen LogP contribution in [0.25, 0.3) is 142 Å². The Balaban J connectivity index is 1.34. The molecule has 0 bridgehead atoms. The molecular formula is C62H34N2O10. The second-order valence-electron chi connectivity index (χ2n) is 18.4. The van der Waals surface area contributed by atoms with E-state index in [0.717, 1.165) is 9.13 Å². The highest BCUT2D eigenvalue weighted by Gasteiger charge is 2.30. The lowest BCUT2D eigenvalue weighted by Gasteiger charge is -2.20. The number of nitrogens with zero attached hydrogens (tertiary/aromatic N) is 2. The number of methoxy groups -OCH3 is 2. The quantitative estimate of drug-likeness (QED) is 0.123. The van der Waals surface area contributed by atoms with Crippen molar-refractivity contribution in [2.45, 2.75) is 0 Å². The van der Waals surface area contributed by atoms with Crippen LogP contribution in [0.1, 0.15) is 0 Å². The van der Waals surface area contributed by atoms with E-state index in [9.17, 15) is 0 Å². The first-order valence-electron chi connectivity index (χ1n) is 23.8. The van der Waals surface area contributed by atoms with Gasteiger partial charge in [-0.05, 0) is 72.8 Å². The molecule has 0 aliphatic carbocycles. The third-order valence-corrected chi connectivity index (χ3v) is 14.5. The molecule has 0 saturated carbocycles. The van der Waals surface area contributed by atoms with E-state index in [-0.39, 0.29) is 43.9 Å². The smallest absolute Gasteiger partial charge is 0.266 e. The molecule has 0 fully saturated rings. The molecule has 74 heavy (non-hydrogen) atoms. The Hall–Kier alpha value is -10.2. The van der Waals surface area contributed by atoms with E-state index in [4.69, 9.17) is 27.1 Å². The molecule has 15 rings (SSSR count). The zero-order chi connectivity index (χ0) is 49.7. The van der Waals surface area contributed by atoms with Gasteiger partial charge in [0.2, 0.25) is 0 Å². The monoisotopic (exact) mass is 966 g/mol. The topological polar surface area (TPSA) is 149 Å². The van der Waals surface area contributed by atoms with Crippen molar-refractivity contribution in [3.8, 4) is 22.9 Å². The minimum absolute atomic E-state index is 0.176. The zero-order valence-electron chi connectivity index (χ0n) is 39.1. The van der Waals surface area contributed by atoms with Crippen LogP contribution in [0.2, 0.25) is 0 Å². The van der Waals surface area contributed by atoms with Crippen LogP contribution in [-0.4, -0.2) is 23.4 Å². The van der Waals surface area contributed by atoms with E-state index in [0.29, 0.717) is 110 Å². The average molecular weight is 967 g/mol. The fourth-order valence-corrected chi connectivity index (χ4v) is 11.4. The number of benzene rings is 11. The maximum Gasteiger partial charge on any atom is 0.266 e. The molecule has 4 heterocycles. The molecular weight excluding hydrogens is 933 g/mol. The summed E-state index contributed by atoms with van der Waals surface area (Å²) in [5.41, 5.74) is 0.926. The number of ether oxygens (including phenoxy) is 2. The number of pyridine rings is 2. The first-order valence-corrected chi connectivity index (χ1v) is 23.8. The fourth-order valence-electron chi connectivity index (χ4n) is 11.4. The van der Waals surface area contributed by atoms with Crippen molar-refractivity contribution in [1.82, 2.24) is 9.13 Å². The van der Waals surface area contributed by atoms with Crippen LogP contribution in [0.3, 0.4) is 0 Å². The highest BCUT2D eigenvalue weighted by Crippen LogP contribution is 2.51. The summed E-state index contributed by atoms with van der Waals surface area (Å²) in [6, 6.07) is 50.4. The van der Waals surface area contributed by atoms with Crippen LogP contribution < -0.4 is 31.7 Å². The van der Waals surface area contributed by atoms with E-state index in [1.54, 1.807) is 72.8 Å². The Bertz CT molecular complexity index is 4740. The molecule has 4 aromatic heterocycles. The molecule has 0 aliphatic rings. The standard InChI is InChI=1S/C62H34N2O10/c1-69-33-15-11-13-31(25-33)63-59(65)39-27-47-53-55-49(73-45-23-9-5-19-37(45)35-17-3-7-21-43(35)71-47)29-41-52-42(62(68)64(61(41)67)32-14-12-16-34(26-32)70-2)30-50-56(58(52)55)54-48(28-40(60(63)66)51(39)57(53)54)72-44-22-8-4-18-36(44)38-20-6-10-24-46(38)74-50/h3-30H,1-2H3. The van der Waals surface area contributed by atoms with Crippen molar-refractivity contribution in [3.05, 3.63) is 211 Å². The molecule has 11 aromatic carbocycles.